The third kappa shape index (κ3) is 10.0. The molecule has 1 atom stereocenters. The third-order valence-corrected chi connectivity index (χ3v) is 3.59. The van der Waals surface area contributed by atoms with Crippen molar-refractivity contribution in [2.75, 3.05) is 13.7 Å². The Kier molecular flexibility index (Phi) is 10.7. The van der Waals surface area contributed by atoms with Gasteiger partial charge in [0.25, 0.3) is 0 Å². The largest absolute Gasteiger partial charge is 0.505 e. The first kappa shape index (κ1) is 22.5. The Labute approximate surface area is 148 Å². The van der Waals surface area contributed by atoms with Crippen molar-refractivity contribution in [1.29, 1.82) is 0 Å². The molecule has 0 radical (unpaired) electrons. The summed E-state index contributed by atoms with van der Waals surface area (Å²) in [6, 6.07) is 6.53. The maximum absolute atomic E-state index is 10.7. The summed E-state index contributed by atoms with van der Waals surface area (Å²) in [4.78, 5) is 19.8. The van der Waals surface area contributed by atoms with Crippen LogP contribution in [0.2, 0.25) is 0 Å². The zero-order chi connectivity index (χ0) is 19.4. The molecule has 1 aromatic rings. The summed E-state index contributed by atoms with van der Waals surface area (Å²) < 4.78 is 9.36. The Morgan fingerprint density at radius 2 is 1.64 bits per heavy atom. The van der Waals surface area contributed by atoms with Crippen LogP contribution >= 0.6 is 0 Å². The lowest BCUT2D eigenvalue weighted by molar-refractivity contribution is -0.138. The van der Waals surface area contributed by atoms with Gasteiger partial charge in [-0.25, -0.2) is 4.79 Å². The molecule has 0 heterocycles. The number of aliphatic carboxylic acids is 1. The summed E-state index contributed by atoms with van der Waals surface area (Å²) >= 11 is 0. The second-order valence-electron chi connectivity index (χ2n) is 5.47. The molecule has 0 aliphatic rings. The minimum absolute atomic E-state index is 0.323. The molecule has 7 heteroatoms. The number of carbonyl (C=O) groups is 2. The number of benzene rings is 1. The van der Waals surface area contributed by atoms with E-state index >= 15 is 0 Å². The summed E-state index contributed by atoms with van der Waals surface area (Å²) in [6.07, 6.45) is 0.107. The summed E-state index contributed by atoms with van der Waals surface area (Å²) in [5.41, 5.74) is 8.97. The Morgan fingerprint density at radius 3 is 2.04 bits per heavy atom. The Balaban J connectivity index is 0.00000101. The van der Waals surface area contributed by atoms with Crippen molar-refractivity contribution in [3.05, 3.63) is 41.0 Å². The highest BCUT2D eigenvalue weighted by molar-refractivity contribution is 5.73. The molecule has 7 nitrogen and oxygen atoms in total. The van der Waals surface area contributed by atoms with E-state index in [1.807, 2.05) is 24.3 Å². The van der Waals surface area contributed by atoms with Gasteiger partial charge in [-0.3, -0.25) is 4.79 Å². The van der Waals surface area contributed by atoms with Crippen LogP contribution in [0.3, 0.4) is 0 Å². The lowest BCUT2D eigenvalue weighted by Crippen LogP contribution is -2.32. The van der Waals surface area contributed by atoms with Crippen molar-refractivity contribution < 1.29 is 29.3 Å². The lowest BCUT2D eigenvalue weighted by Gasteiger charge is -2.10. The Hall–Kier alpha value is -2.54. The number of rotatable bonds is 7. The van der Waals surface area contributed by atoms with Gasteiger partial charge in [0, 0.05) is 0 Å². The van der Waals surface area contributed by atoms with E-state index in [-0.39, 0.29) is 0 Å². The van der Waals surface area contributed by atoms with Crippen LogP contribution in [0, 0.1) is 0 Å². The molecular formula is C18H27NO6. The van der Waals surface area contributed by atoms with Crippen molar-refractivity contribution in [1.82, 2.24) is 0 Å². The molecule has 0 saturated carbocycles. The summed E-state index contributed by atoms with van der Waals surface area (Å²) in [7, 11) is 1.10. The first-order valence-electron chi connectivity index (χ1n) is 7.83. The van der Waals surface area contributed by atoms with Crippen LogP contribution in [-0.4, -0.2) is 42.1 Å². The maximum Gasteiger partial charge on any atom is 0.505 e. The summed E-state index contributed by atoms with van der Waals surface area (Å²) in [6.45, 7) is 6.88. The molecule has 0 aromatic heterocycles. The maximum atomic E-state index is 10.7. The molecule has 1 aromatic carbocycles. The van der Waals surface area contributed by atoms with Crippen LogP contribution in [0.15, 0.2) is 35.4 Å². The van der Waals surface area contributed by atoms with Crippen molar-refractivity contribution in [3.63, 3.8) is 0 Å². The fourth-order valence-corrected chi connectivity index (χ4v) is 1.68. The van der Waals surface area contributed by atoms with Gasteiger partial charge in [0.1, 0.15) is 18.4 Å². The van der Waals surface area contributed by atoms with E-state index in [4.69, 9.17) is 25.5 Å². The van der Waals surface area contributed by atoms with E-state index in [1.54, 1.807) is 0 Å². The molecule has 0 bridgehead atoms. The van der Waals surface area contributed by atoms with E-state index < -0.39 is 18.2 Å². The number of nitrogens with two attached hydrogens (primary N) is 1. The van der Waals surface area contributed by atoms with E-state index in [9.17, 15) is 4.79 Å². The monoisotopic (exact) mass is 353 g/mol. The van der Waals surface area contributed by atoms with Gasteiger partial charge in [-0.15, -0.1) is 0 Å². The number of hydrogen-bond acceptors (Lipinski definition) is 5. The van der Waals surface area contributed by atoms with Gasteiger partial charge in [0.2, 0.25) is 0 Å². The van der Waals surface area contributed by atoms with Crippen molar-refractivity contribution in [2.24, 2.45) is 5.73 Å². The predicted molar refractivity (Wildman–Crippen MR) is 95.0 cm³/mol. The predicted octanol–water partition coefficient (Wildman–Crippen LogP) is 3.08. The fourth-order valence-electron chi connectivity index (χ4n) is 1.68. The second-order valence-corrected chi connectivity index (χ2v) is 5.47. The summed E-state index contributed by atoms with van der Waals surface area (Å²) in [5.74, 6) is -0.206. The molecule has 140 valence electrons. The van der Waals surface area contributed by atoms with Crippen LogP contribution in [0.5, 0.6) is 5.75 Å². The minimum Gasteiger partial charge on any atom is -0.489 e. The number of carboxylic acid groups (broad SMARTS) is 2. The molecule has 0 spiro atoms. The van der Waals surface area contributed by atoms with Gasteiger partial charge in [-0.05, 0) is 50.0 Å². The highest BCUT2D eigenvalue weighted by Crippen LogP contribution is 2.15. The SMILES string of the molecule is CCC(C)=C(C)COc1ccc(CC(N)C(=O)O)cc1.COC(=O)O. The molecule has 4 N–H and O–H groups in total. The number of methoxy groups -OCH3 is 1. The number of carboxylic acids is 1. The van der Waals surface area contributed by atoms with Crippen LogP contribution < -0.4 is 10.5 Å². The minimum atomic E-state index is -1.25. The van der Waals surface area contributed by atoms with Gasteiger partial charge in [0.05, 0.1) is 7.11 Å². The Bertz CT molecular complexity index is 580. The molecule has 1 unspecified atom stereocenters. The van der Waals surface area contributed by atoms with Crippen LogP contribution in [0.1, 0.15) is 32.8 Å². The van der Waals surface area contributed by atoms with Crippen molar-refractivity contribution in [3.8, 4) is 5.75 Å². The van der Waals surface area contributed by atoms with E-state index in [1.165, 1.54) is 11.1 Å². The number of hydrogen-bond donors (Lipinski definition) is 3. The first-order chi connectivity index (χ1) is 11.7. The summed E-state index contributed by atoms with van der Waals surface area (Å²) in [5, 5.41) is 16.3. The molecule has 0 saturated heterocycles. The topological polar surface area (TPSA) is 119 Å². The quantitative estimate of drug-likeness (QED) is 0.509. The van der Waals surface area contributed by atoms with E-state index in [2.05, 4.69) is 25.5 Å². The van der Waals surface area contributed by atoms with Crippen LogP contribution in [0.4, 0.5) is 4.79 Å². The lowest BCUT2D eigenvalue weighted by atomic mass is 10.1. The molecular weight excluding hydrogens is 326 g/mol. The molecule has 0 aliphatic heterocycles. The normalized spacial score (nSPS) is 12.2. The smallest absolute Gasteiger partial charge is 0.489 e. The van der Waals surface area contributed by atoms with Gasteiger partial charge in [0.15, 0.2) is 0 Å². The van der Waals surface area contributed by atoms with Gasteiger partial charge < -0.3 is 25.4 Å². The molecule has 0 amide bonds. The van der Waals surface area contributed by atoms with Gasteiger partial charge in [-0.2, -0.15) is 0 Å². The van der Waals surface area contributed by atoms with Crippen molar-refractivity contribution >= 4 is 12.1 Å². The highest BCUT2D eigenvalue weighted by atomic mass is 16.6. The van der Waals surface area contributed by atoms with Crippen molar-refractivity contribution in [2.45, 2.75) is 39.7 Å². The van der Waals surface area contributed by atoms with Crippen LogP contribution in [-0.2, 0) is 16.0 Å². The average Bonchev–Trinajstić information content (AvgIpc) is 2.60. The van der Waals surface area contributed by atoms with E-state index in [0.29, 0.717) is 13.0 Å². The highest BCUT2D eigenvalue weighted by Gasteiger charge is 2.11. The van der Waals surface area contributed by atoms with E-state index in [0.717, 1.165) is 24.8 Å². The molecule has 25 heavy (non-hydrogen) atoms. The zero-order valence-corrected chi connectivity index (χ0v) is 15.1. The average molecular weight is 353 g/mol. The standard InChI is InChI=1S/C16H23NO3.C2H4O3/c1-4-11(2)12(3)10-20-14-7-5-13(6-8-14)9-15(17)16(18)19;1-5-2(3)4/h5-8,15H,4,9-10,17H2,1-3H3,(H,18,19);1H3,(H,3,4). The Morgan fingerprint density at radius 1 is 1.12 bits per heavy atom. The number of ether oxygens (including phenoxy) is 2. The molecule has 0 fully saturated rings. The van der Waals surface area contributed by atoms with Gasteiger partial charge in [-0.1, -0.05) is 24.6 Å². The third-order valence-electron chi connectivity index (χ3n) is 3.59. The van der Waals surface area contributed by atoms with Crippen LogP contribution in [0.25, 0.3) is 0 Å². The molecule has 0 aliphatic carbocycles. The second kappa shape index (κ2) is 11.9. The van der Waals surface area contributed by atoms with Gasteiger partial charge >= 0.3 is 12.1 Å². The fraction of sp³-hybridized carbons (Fsp3) is 0.444. The first-order valence-corrected chi connectivity index (χ1v) is 7.83. The number of allylic oxidation sites excluding steroid dienone is 1. The molecule has 1 rings (SSSR count). The zero-order valence-electron chi connectivity index (χ0n) is 15.1.